The van der Waals surface area contributed by atoms with Gasteiger partial charge in [0.15, 0.2) is 0 Å². The molecule has 0 N–H and O–H groups in total. The molecule has 0 aliphatic carbocycles. The third-order valence-electron chi connectivity index (χ3n) is 5.81. The number of benzene rings is 2. The molecule has 0 spiro atoms. The largest absolute Gasteiger partial charge is 0.333 e. The molecule has 3 heterocycles. The summed E-state index contributed by atoms with van der Waals surface area (Å²) < 4.78 is 21.7. The van der Waals surface area contributed by atoms with Crippen LogP contribution in [0.4, 0.5) is 4.39 Å². The second kappa shape index (κ2) is 6.13. The molecular formula is C20H18FN3OS. The number of aromatic nitrogens is 2. The van der Waals surface area contributed by atoms with Crippen LogP contribution in [0.5, 0.6) is 0 Å². The van der Waals surface area contributed by atoms with Gasteiger partial charge in [0, 0.05) is 17.6 Å². The van der Waals surface area contributed by atoms with Crippen LogP contribution in [-0.2, 0) is 0 Å². The Morgan fingerprint density at radius 3 is 2.42 bits per heavy atom. The lowest BCUT2D eigenvalue weighted by Crippen LogP contribution is -2.46. The molecule has 2 saturated heterocycles. The van der Waals surface area contributed by atoms with Gasteiger partial charge in [-0.25, -0.2) is 4.39 Å². The molecule has 0 saturated carbocycles. The Bertz CT molecular complexity index is 957. The summed E-state index contributed by atoms with van der Waals surface area (Å²) in [5.41, 5.74) is 3.51. The average Bonchev–Trinajstić information content (AvgIpc) is 3.23. The molecule has 2 fully saturated rings. The van der Waals surface area contributed by atoms with Crippen molar-refractivity contribution in [2.24, 2.45) is 0 Å². The summed E-state index contributed by atoms with van der Waals surface area (Å²) in [6.07, 6.45) is 4.01. The zero-order valence-electron chi connectivity index (χ0n) is 14.1. The number of fused-ring (bicyclic) bond motifs is 3. The fourth-order valence-corrected chi connectivity index (χ4v) is 5.10. The molecule has 2 bridgehead atoms. The molecule has 3 atom stereocenters. The van der Waals surface area contributed by atoms with Gasteiger partial charge in [-0.3, -0.25) is 4.79 Å². The molecule has 0 radical (unpaired) electrons. The monoisotopic (exact) mass is 367 g/mol. The number of carbonyl (C=O) groups excluding carboxylic acids is 1. The van der Waals surface area contributed by atoms with Gasteiger partial charge in [0.25, 0.3) is 5.91 Å². The van der Waals surface area contributed by atoms with E-state index in [0.29, 0.717) is 11.5 Å². The van der Waals surface area contributed by atoms with Gasteiger partial charge in [-0.2, -0.15) is 8.75 Å². The minimum atomic E-state index is -0.198. The van der Waals surface area contributed by atoms with Gasteiger partial charge in [0.1, 0.15) is 16.9 Å². The maximum Gasteiger partial charge on any atom is 0.254 e. The second-order valence-corrected chi connectivity index (χ2v) is 7.81. The number of rotatable bonds is 2. The Labute approximate surface area is 155 Å². The Morgan fingerprint density at radius 1 is 1.00 bits per heavy atom. The lowest BCUT2D eigenvalue weighted by atomic mass is 9.85. The van der Waals surface area contributed by atoms with Crippen LogP contribution in [-0.4, -0.2) is 31.6 Å². The Hall–Kier alpha value is -2.34. The van der Waals surface area contributed by atoms with Crippen molar-refractivity contribution in [2.45, 2.75) is 43.7 Å². The first-order valence-electron chi connectivity index (χ1n) is 8.99. The fraction of sp³-hybridized carbons (Fsp3) is 0.350. The van der Waals surface area contributed by atoms with Gasteiger partial charge < -0.3 is 4.90 Å². The highest BCUT2D eigenvalue weighted by atomic mass is 32.1. The Balaban J connectivity index is 1.39. The maximum absolute atomic E-state index is 13.2. The lowest BCUT2D eigenvalue weighted by molar-refractivity contribution is 0.0571. The zero-order chi connectivity index (χ0) is 17.7. The van der Waals surface area contributed by atoms with Gasteiger partial charge in [-0.05, 0) is 67.5 Å². The van der Waals surface area contributed by atoms with Crippen LogP contribution >= 0.6 is 11.7 Å². The van der Waals surface area contributed by atoms with Crippen LogP contribution in [0.25, 0.3) is 11.0 Å². The Morgan fingerprint density at radius 2 is 1.69 bits per heavy atom. The summed E-state index contributed by atoms with van der Waals surface area (Å²) in [5.74, 6) is 0.309. The molecule has 1 aromatic heterocycles. The van der Waals surface area contributed by atoms with E-state index in [1.807, 2.05) is 30.3 Å². The normalized spacial score (nSPS) is 25.0. The first-order chi connectivity index (χ1) is 12.7. The number of piperidine rings is 1. The first kappa shape index (κ1) is 15.9. The highest BCUT2D eigenvalue weighted by Crippen LogP contribution is 2.43. The van der Waals surface area contributed by atoms with Crippen LogP contribution < -0.4 is 0 Å². The van der Waals surface area contributed by atoms with Crippen molar-refractivity contribution in [1.29, 1.82) is 0 Å². The molecule has 6 heteroatoms. The summed E-state index contributed by atoms with van der Waals surface area (Å²) in [6.45, 7) is 0. The van der Waals surface area contributed by atoms with E-state index < -0.39 is 0 Å². The number of carbonyl (C=O) groups is 1. The number of amides is 1. The third kappa shape index (κ3) is 2.60. The molecule has 4 nitrogen and oxygen atoms in total. The van der Waals surface area contributed by atoms with E-state index in [9.17, 15) is 9.18 Å². The maximum atomic E-state index is 13.2. The van der Waals surface area contributed by atoms with Crippen molar-refractivity contribution in [3.05, 3.63) is 59.4 Å². The first-order valence-corrected chi connectivity index (χ1v) is 9.72. The van der Waals surface area contributed by atoms with Gasteiger partial charge in [0.05, 0.1) is 11.7 Å². The molecule has 3 aromatic rings. The van der Waals surface area contributed by atoms with E-state index in [2.05, 4.69) is 13.6 Å². The summed E-state index contributed by atoms with van der Waals surface area (Å²) in [4.78, 5) is 15.2. The van der Waals surface area contributed by atoms with Crippen molar-refractivity contribution in [2.75, 3.05) is 0 Å². The van der Waals surface area contributed by atoms with Crippen molar-refractivity contribution in [1.82, 2.24) is 13.6 Å². The highest BCUT2D eigenvalue weighted by molar-refractivity contribution is 7.00. The molecule has 2 aromatic carbocycles. The predicted molar refractivity (Wildman–Crippen MR) is 98.8 cm³/mol. The number of hydrogen-bond acceptors (Lipinski definition) is 4. The summed E-state index contributed by atoms with van der Waals surface area (Å²) in [5, 5.41) is 0. The van der Waals surface area contributed by atoms with Crippen LogP contribution in [0.3, 0.4) is 0 Å². The average molecular weight is 367 g/mol. The number of hydrogen-bond donors (Lipinski definition) is 0. The molecule has 26 heavy (non-hydrogen) atoms. The van der Waals surface area contributed by atoms with E-state index >= 15 is 0 Å². The minimum absolute atomic E-state index is 0.102. The van der Waals surface area contributed by atoms with Crippen molar-refractivity contribution in [3.63, 3.8) is 0 Å². The van der Waals surface area contributed by atoms with E-state index in [1.54, 1.807) is 0 Å². The van der Waals surface area contributed by atoms with Crippen molar-refractivity contribution < 1.29 is 9.18 Å². The Kier molecular flexibility index (Phi) is 3.74. The van der Waals surface area contributed by atoms with Gasteiger partial charge in [0.2, 0.25) is 0 Å². The van der Waals surface area contributed by atoms with Crippen LogP contribution in [0.1, 0.15) is 47.5 Å². The molecule has 2 aliphatic rings. The van der Waals surface area contributed by atoms with Crippen molar-refractivity contribution in [3.8, 4) is 0 Å². The molecule has 1 unspecified atom stereocenters. The van der Waals surface area contributed by atoms with E-state index in [-0.39, 0.29) is 23.8 Å². The fourth-order valence-electron chi connectivity index (χ4n) is 4.58. The van der Waals surface area contributed by atoms with E-state index in [0.717, 1.165) is 36.7 Å². The quantitative estimate of drug-likeness (QED) is 0.675. The highest BCUT2D eigenvalue weighted by Gasteiger charge is 2.43. The standard InChI is InChI=1S/C20H18FN3OS/c21-15-4-1-12(2-5-15)14-9-16-6-7-17(10-14)24(16)20(25)13-3-8-18-19(11-13)23-26-22-18/h1-5,8,11,14,16-17H,6-7,9-10H2/t14?,16-,17+. The smallest absolute Gasteiger partial charge is 0.254 e. The summed E-state index contributed by atoms with van der Waals surface area (Å²) >= 11 is 1.17. The molecule has 1 amide bonds. The second-order valence-electron chi connectivity index (χ2n) is 7.29. The lowest BCUT2D eigenvalue weighted by Gasteiger charge is -2.39. The number of halogens is 1. The third-order valence-corrected chi connectivity index (χ3v) is 6.37. The van der Waals surface area contributed by atoms with Crippen LogP contribution in [0.15, 0.2) is 42.5 Å². The molecule has 5 rings (SSSR count). The number of nitrogens with zero attached hydrogens (tertiary/aromatic N) is 3. The van der Waals surface area contributed by atoms with Crippen molar-refractivity contribution >= 4 is 28.7 Å². The SMILES string of the molecule is O=C(c1ccc2nsnc2c1)N1[C@@H]2CC[C@H]1CC(c1ccc(F)cc1)C2. The molecule has 2 aliphatic heterocycles. The van der Waals surface area contributed by atoms with E-state index in [4.69, 9.17) is 0 Å². The van der Waals surface area contributed by atoms with Crippen LogP contribution in [0, 0.1) is 5.82 Å². The summed E-state index contributed by atoms with van der Waals surface area (Å²) in [7, 11) is 0. The summed E-state index contributed by atoms with van der Waals surface area (Å²) in [6, 6.07) is 13.0. The topological polar surface area (TPSA) is 46.1 Å². The van der Waals surface area contributed by atoms with Crippen LogP contribution in [0.2, 0.25) is 0 Å². The molecule has 132 valence electrons. The van der Waals surface area contributed by atoms with E-state index in [1.165, 1.54) is 29.4 Å². The van der Waals surface area contributed by atoms with Gasteiger partial charge >= 0.3 is 0 Å². The van der Waals surface area contributed by atoms with Gasteiger partial charge in [-0.15, -0.1) is 0 Å². The predicted octanol–water partition coefficient (Wildman–Crippen LogP) is 4.38. The minimum Gasteiger partial charge on any atom is -0.333 e. The molecular weight excluding hydrogens is 349 g/mol. The zero-order valence-corrected chi connectivity index (χ0v) is 15.0. The van der Waals surface area contributed by atoms with Gasteiger partial charge in [-0.1, -0.05) is 12.1 Å².